The van der Waals surface area contributed by atoms with Crippen LogP contribution in [0.15, 0.2) is 60.7 Å². The lowest BCUT2D eigenvalue weighted by atomic mass is 10.1. The largest absolute Gasteiger partial charge is 0.497 e. The molecular formula is C23H26N4O2. The van der Waals surface area contributed by atoms with Crippen LogP contribution in [0, 0.1) is 0 Å². The predicted molar refractivity (Wildman–Crippen MR) is 114 cm³/mol. The van der Waals surface area contributed by atoms with E-state index in [1.165, 1.54) is 0 Å². The molecule has 0 saturated carbocycles. The molecule has 1 aromatic heterocycles. The standard InChI is InChI=1S/C23H26N4O2/c1-29-20-9-5-6-18(16-20)10-11-23(28)27-14-12-26(13-15-27)22-17-21(24-25-22)19-7-3-2-4-8-19/h2-9,16-17H,10-15H2,1H3,(H,24,25). The molecule has 0 bridgehead atoms. The number of aryl methyl sites for hydroxylation is 1. The van der Waals surface area contributed by atoms with E-state index in [1.807, 2.05) is 47.4 Å². The average molecular weight is 390 g/mol. The summed E-state index contributed by atoms with van der Waals surface area (Å²) in [7, 11) is 1.66. The molecule has 1 amide bonds. The lowest BCUT2D eigenvalue weighted by Crippen LogP contribution is -2.49. The van der Waals surface area contributed by atoms with Gasteiger partial charge in [-0.15, -0.1) is 0 Å². The molecule has 0 radical (unpaired) electrons. The third-order valence-corrected chi connectivity index (χ3v) is 5.37. The first-order valence-electron chi connectivity index (χ1n) is 9.99. The van der Waals surface area contributed by atoms with Crippen LogP contribution >= 0.6 is 0 Å². The number of carbonyl (C=O) groups excluding carboxylic acids is 1. The third-order valence-electron chi connectivity index (χ3n) is 5.37. The summed E-state index contributed by atoms with van der Waals surface area (Å²) in [4.78, 5) is 16.8. The molecule has 1 fully saturated rings. The molecule has 4 rings (SSSR count). The Morgan fingerprint density at radius 2 is 1.83 bits per heavy atom. The molecule has 0 atom stereocenters. The van der Waals surface area contributed by atoms with Crippen LogP contribution < -0.4 is 9.64 Å². The van der Waals surface area contributed by atoms with Gasteiger partial charge in [0.05, 0.1) is 12.8 Å². The normalized spacial score (nSPS) is 14.1. The van der Waals surface area contributed by atoms with Crippen LogP contribution in [-0.2, 0) is 11.2 Å². The fraction of sp³-hybridized carbons (Fsp3) is 0.304. The Kier molecular flexibility index (Phi) is 5.79. The first-order chi connectivity index (χ1) is 14.2. The minimum absolute atomic E-state index is 0.208. The summed E-state index contributed by atoms with van der Waals surface area (Å²) in [5.74, 6) is 1.98. The lowest BCUT2D eigenvalue weighted by Gasteiger charge is -2.34. The van der Waals surface area contributed by atoms with E-state index in [0.717, 1.165) is 61.0 Å². The Morgan fingerprint density at radius 3 is 2.59 bits per heavy atom. The van der Waals surface area contributed by atoms with Gasteiger partial charge in [0.1, 0.15) is 5.75 Å². The minimum Gasteiger partial charge on any atom is -0.497 e. The Labute approximate surface area is 171 Å². The van der Waals surface area contributed by atoms with Crippen LogP contribution in [0.1, 0.15) is 12.0 Å². The quantitative estimate of drug-likeness (QED) is 0.701. The topological polar surface area (TPSA) is 61.5 Å². The summed E-state index contributed by atoms with van der Waals surface area (Å²) < 4.78 is 5.25. The van der Waals surface area contributed by atoms with E-state index in [4.69, 9.17) is 4.74 Å². The number of nitrogens with one attached hydrogen (secondary N) is 1. The van der Waals surface area contributed by atoms with Crippen molar-refractivity contribution in [2.75, 3.05) is 38.2 Å². The van der Waals surface area contributed by atoms with E-state index < -0.39 is 0 Å². The highest BCUT2D eigenvalue weighted by Gasteiger charge is 2.22. The third kappa shape index (κ3) is 4.59. The summed E-state index contributed by atoms with van der Waals surface area (Å²) in [6.45, 7) is 3.04. The SMILES string of the molecule is COc1cccc(CCC(=O)N2CCN(c3cc(-c4ccccc4)[nH]n3)CC2)c1. The number of methoxy groups -OCH3 is 1. The van der Waals surface area contributed by atoms with Crippen LogP contribution in [0.25, 0.3) is 11.3 Å². The second-order valence-corrected chi connectivity index (χ2v) is 7.23. The van der Waals surface area contributed by atoms with E-state index in [-0.39, 0.29) is 5.91 Å². The Balaban J connectivity index is 1.29. The van der Waals surface area contributed by atoms with E-state index in [2.05, 4.69) is 33.3 Å². The molecule has 1 aliphatic heterocycles. The zero-order valence-electron chi connectivity index (χ0n) is 16.7. The van der Waals surface area contributed by atoms with E-state index >= 15 is 0 Å². The molecule has 6 heteroatoms. The fourth-order valence-electron chi connectivity index (χ4n) is 3.66. The zero-order valence-corrected chi connectivity index (χ0v) is 16.7. The van der Waals surface area contributed by atoms with Crippen LogP contribution in [0.4, 0.5) is 5.82 Å². The van der Waals surface area contributed by atoms with Gasteiger partial charge in [0.25, 0.3) is 0 Å². The number of hydrogen-bond donors (Lipinski definition) is 1. The molecule has 1 saturated heterocycles. The number of aromatic amines is 1. The maximum atomic E-state index is 12.6. The molecule has 0 unspecified atom stereocenters. The molecule has 150 valence electrons. The number of carbonyl (C=O) groups is 1. The van der Waals surface area contributed by atoms with Gasteiger partial charge in [-0.2, -0.15) is 5.10 Å². The van der Waals surface area contributed by atoms with Crippen molar-refractivity contribution in [2.45, 2.75) is 12.8 Å². The second kappa shape index (κ2) is 8.82. The Hall–Kier alpha value is -3.28. The van der Waals surface area contributed by atoms with Crippen molar-refractivity contribution in [3.63, 3.8) is 0 Å². The summed E-state index contributed by atoms with van der Waals surface area (Å²) in [5.41, 5.74) is 3.26. The van der Waals surface area contributed by atoms with Gasteiger partial charge >= 0.3 is 0 Å². The zero-order chi connectivity index (χ0) is 20.1. The summed E-state index contributed by atoms with van der Waals surface area (Å²) >= 11 is 0. The lowest BCUT2D eigenvalue weighted by molar-refractivity contribution is -0.131. The first-order valence-corrected chi connectivity index (χ1v) is 9.99. The number of rotatable bonds is 6. The van der Waals surface area contributed by atoms with Gasteiger partial charge in [0.15, 0.2) is 5.82 Å². The molecule has 6 nitrogen and oxygen atoms in total. The number of piperazine rings is 1. The minimum atomic E-state index is 0.208. The number of amides is 1. The molecule has 3 aromatic rings. The maximum Gasteiger partial charge on any atom is 0.223 e. The van der Waals surface area contributed by atoms with Crippen molar-refractivity contribution in [3.05, 3.63) is 66.2 Å². The number of H-pyrrole nitrogens is 1. The van der Waals surface area contributed by atoms with E-state index in [9.17, 15) is 4.79 Å². The van der Waals surface area contributed by atoms with Crippen molar-refractivity contribution in [1.82, 2.24) is 15.1 Å². The molecule has 2 heterocycles. The summed E-state index contributed by atoms with van der Waals surface area (Å²) in [5, 5.41) is 7.58. The second-order valence-electron chi connectivity index (χ2n) is 7.23. The average Bonchev–Trinajstić information content (AvgIpc) is 3.29. The van der Waals surface area contributed by atoms with Gasteiger partial charge in [0, 0.05) is 38.7 Å². The molecule has 2 aromatic carbocycles. The predicted octanol–water partition coefficient (Wildman–Crippen LogP) is 3.37. The Bertz CT molecular complexity index is 946. The summed E-state index contributed by atoms with van der Waals surface area (Å²) in [6.07, 6.45) is 1.25. The van der Waals surface area contributed by atoms with E-state index in [1.54, 1.807) is 7.11 Å². The van der Waals surface area contributed by atoms with Crippen molar-refractivity contribution in [3.8, 4) is 17.0 Å². The van der Waals surface area contributed by atoms with E-state index in [0.29, 0.717) is 6.42 Å². The number of anilines is 1. The van der Waals surface area contributed by atoms with Crippen LogP contribution in [-0.4, -0.2) is 54.3 Å². The number of benzene rings is 2. The van der Waals surface area contributed by atoms with Gasteiger partial charge in [-0.1, -0.05) is 42.5 Å². The van der Waals surface area contributed by atoms with Gasteiger partial charge in [-0.3, -0.25) is 9.89 Å². The van der Waals surface area contributed by atoms with Crippen molar-refractivity contribution >= 4 is 11.7 Å². The van der Waals surface area contributed by atoms with Gasteiger partial charge in [0.2, 0.25) is 5.91 Å². The molecule has 0 aliphatic carbocycles. The number of aromatic nitrogens is 2. The monoisotopic (exact) mass is 390 g/mol. The molecular weight excluding hydrogens is 364 g/mol. The van der Waals surface area contributed by atoms with Crippen LogP contribution in [0.3, 0.4) is 0 Å². The number of nitrogens with zero attached hydrogens (tertiary/aromatic N) is 3. The van der Waals surface area contributed by atoms with Crippen LogP contribution in [0.5, 0.6) is 5.75 Å². The van der Waals surface area contributed by atoms with Gasteiger partial charge < -0.3 is 14.5 Å². The van der Waals surface area contributed by atoms with Crippen molar-refractivity contribution in [1.29, 1.82) is 0 Å². The highest BCUT2D eigenvalue weighted by molar-refractivity contribution is 5.77. The molecule has 29 heavy (non-hydrogen) atoms. The molecule has 1 N–H and O–H groups in total. The van der Waals surface area contributed by atoms with Crippen molar-refractivity contribution in [2.24, 2.45) is 0 Å². The molecule has 0 spiro atoms. The molecule has 1 aliphatic rings. The Morgan fingerprint density at radius 1 is 1.03 bits per heavy atom. The number of ether oxygens (including phenoxy) is 1. The van der Waals surface area contributed by atoms with Crippen LogP contribution in [0.2, 0.25) is 0 Å². The van der Waals surface area contributed by atoms with Gasteiger partial charge in [-0.05, 0) is 29.7 Å². The number of hydrogen-bond acceptors (Lipinski definition) is 4. The maximum absolute atomic E-state index is 12.6. The highest BCUT2D eigenvalue weighted by Crippen LogP contribution is 2.22. The fourth-order valence-corrected chi connectivity index (χ4v) is 3.66. The highest BCUT2D eigenvalue weighted by atomic mass is 16.5. The van der Waals surface area contributed by atoms with Crippen molar-refractivity contribution < 1.29 is 9.53 Å². The first kappa shape index (κ1) is 19.1. The smallest absolute Gasteiger partial charge is 0.223 e. The van der Waals surface area contributed by atoms with Gasteiger partial charge in [-0.25, -0.2) is 0 Å². The summed E-state index contributed by atoms with van der Waals surface area (Å²) in [6, 6.07) is 20.2.